The molecule has 0 aliphatic rings. The van der Waals surface area contributed by atoms with E-state index in [0.29, 0.717) is 42.8 Å². The van der Waals surface area contributed by atoms with Crippen molar-refractivity contribution in [2.75, 3.05) is 13.2 Å². The molecule has 5 heteroatoms. The Balaban J connectivity index is 2.11. The van der Waals surface area contributed by atoms with Gasteiger partial charge in [0.15, 0.2) is 11.5 Å². The highest BCUT2D eigenvalue weighted by Crippen LogP contribution is 2.37. The first kappa shape index (κ1) is 18.6. The summed E-state index contributed by atoms with van der Waals surface area (Å²) in [5.74, 6) is 1.19. The van der Waals surface area contributed by atoms with Gasteiger partial charge < -0.3 is 19.9 Å². The average molecular weight is 350 g/mol. The second-order valence-electron chi connectivity index (χ2n) is 5.59. The minimum absolute atomic E-state index is 0.389. The van der Waals surface area contributed by atoms with Gasteiger partial charge in [0, 0.05) is 13.1 Å². The Labute approximate surface area is 148 Å². The summed E-state index contributed by atoms with van der Waals surface area (Å²) in [5.41, 5.74) is 2.05. The standard InChI is InChI=1S/C19H24ClNO3/c1-3-23-18-10-16(12-21-11-14(2)22)9-17(20)19(18)24-13-15-7-5-4-6-8-15/h4-10,14,21-22H,3,11-13H2,1-2H3. The number of ether oxygens (including phenoxy) is 2. The number of nitrogens with one attached hydrogen (secondary N) is 1. The molecule has 0 amide bonds. The number of hydrogen-bond acceptors (Lipinski definition) is 4. The lowest BCUT2D eigenvalue weighted by Crippen LogP contribution is -2.23. The zero-order valence-electron chi connectivity index (χ0n) is 14.1. The van der Waals surface area contributed by atoms with Crippen molar-refractivity contribution in [3.05, 3.63) is 58.6 Å². The van der Waals surface area contributed by atoms with Gasteiger partial charge in [-0.1, -0.05) is 41.9 Å². The SMILES string of the molecule is CCOc1cc(CNCC(C)O)cc(Cl)c1OCc1ccccc1. The first-order valence-corrected chi connectivity index (χ1v) is 8.48. The highest BCUT2D eigenvalue weighted by molar-refractivity contribution is 6.32. The van der Waals surface area contributed by atoms with E-state index in [1.807, 2.05) is 49.4 Å². The van der Waals surface area contributed by atoms with Crippen LogP contribution in [-0.4, -0.2) is 24.4 Å². The quantitative estimate of drug-likeness (QED) is 0.723. The molecule has 0 radical (unpaired) electrons. The molecule has 0 fully saturated rings. The summed E-state index contributed by atoms with van der Waals surface area (Å²) < 4.78 is 11.6. The summed E-state index contributed by atoms with van der Waals surface area (Å²) >= 11 is 6.40. The Bertz CT molecular complexity index is 632. The number of aliphatic hydroxyl groups is 1. The van der Waals surface area contributed by atoms with E-state index in [-0.39, 0.29) is 6.10 Å². The van der Waals surface area contributed by atoms with Gasteiger partial charge in [0.05, 0.1) is 17.7 Å². The van der Waals surface area contributed by atoms with Crippen LogP contribution in [-0.2, 0) is 13.2 Å². The lowest BCUT2D eigenvalue weighted by molar-refractivity contribution is 0.191. The third kappa shape index (κ3) is 5.71. The van der Waals surface area contributed by atoms with Gasteiger partial charge in [-0.25, -0.2) is 0 Å². The molecule has 1 unspecified atom stereocenters. The number of aliphatic hydroxyl groups excluding tert-OH is 1. The topological polar surface area (TPSA) is 50.7 Å². The Morgan fingerprint density at radius 1 is 1.12 bits per heavy atom. The minimum Gasteiger partial charge on any atom is -0.490 e. The van der Waals surface area contributed by atoms with Gasteiger partial charge in [-0.2, -0.15) is 0 Å². The molecule has 2 rings (SSSR count). The lowest BCUT2D eigenvalue weighted by Gasteiger charge is -2.16. The predicted molar refractivity (Wildman–Crippen MR) is 96.8 cm³/mol. The van der Waals surface area contributed by atoms with E-state index in [4.69, 9.17) is 21.1 Å². The van der Waals surface area contributed by atoms with Crippen molar-refractivity contribution >= 4 is 11.6 Å². The highest BCUT2D eigenvalue weighted by Gasteiger charge is 2.13. The fraction of sp³-hybridized carbons (Fsp3) is 0.368. The molecule has 0 saturated heterocycles. The molecule has 2 aromatic rings. The molecule has 2 N–H and O–H groups in total. The second-order valence-corrected chi connectivity index (χ2v) is 6.00. The molecule has 2 aromatic carbocycles. The smallest absolute Gasteiger partial charge is 0.180 e. The zero-order valence-corrected chi connectivity index (χ0v) is 14.8. The average Bonchev–Trinajstić information content (AvgIpc) is 2.55. The highest BCUT2D eigenvalue weighted by atomic mass is 35.5. The number of halogens is 1. The van der Waals surface area contributed by atoms with Gasteiger partial charge in [0.2, 0.25) is 0 Å². The van der Waals surface area contributed by atoms with Gasteiger partial charge in [0.25, 0.3) is 0 Å². The summed E-state index contributed by atoms with van der Waals surface area (Å²) in [5, 5.41) is 13.0. The maximum absolute atomic E-state index is 9.31. The van der Waals surface area contributed by atoms with Gasteiger partial charge >= 0.3 is 0 Å². The molecule has 1 atom stereocenters. The first-order chi connectivity index (χ1) is 11.6. The van der Waals surface area contributed by atoms with Gasteiger partial charge in [-0.3, -0.25) is 0 Å². The minimum atomic E-state index is -0.389. The molecule has 0 aliphatic heterocycles. The van der Waals surface area contributed by atoms with Crippen LogP contribution in [0.2, 0.25) is 5.02 Å². The Hall–Kier alpha value is -1.75. The van der Waals surface area contributed by atoms with Crippen molar-refractivity contribution in [2.45, 2.75) is 33.1 Å². The van der Waals surface area contributed by atoms with Crippen LogP contribution in [0.4, 0.5) is 0 Å². The summed E-state index contributed by atoms with van der Waals surface area (Å²) in [6.07, 6.45) is -0.389. The molecule has 0 saturated carbocycles. The molecule has 0 heterocycles. The van der Waals surface area contributed by atoms with E-state index in [9.17, 15) is 5.11 Å². The number of benzene rings is 2. The van der Waals surface area contributed by atoms with Crippen molar-refractivity contribution in [1.82, 2.24) is 5.32 Å². The summed E-state index contributed by atoms with van der Waals surface area (Å²) in [7, 11) is 0. The summed E-state index contributed by atoms with van der Waals surface area (Å²) in [4.78, 5) is 0. The molecular weight excluding hydrogens is 326 g/mol. The van der Waals surface area contributed by atoms with Crippen LogP contribution >= 0.6 is 11.6 Å². The van der Waals surface area contributed by atoms with E-state index in [1.165, 1.54) is 0 Å². The van der Waals surface area contributed by atoms with Crippen LogP contribution in [0.3, 0.4) is 0 Å². The fourth-order valence-corrected chi connectivity index (χ4v) is 2.57. The maximum Gasteiger partial charge on any atom is 0.180 e. The molecular formula is C19H24ClNO3. The second kappa shape index (κ2) is 9.52. The van der Waals surface area contributed by atoms with Crippen LogP contribution in [0, 0.1) is 0 Å². The van der Waals surface area contributed by atoms with E-state index >= 15 is 0 Å². The lowest BCUT2D eigenvalue weighted by atomic mass is 10.2. The van der Waals surface area contributed by atoms with Crippen LogP contribution in [0.15, 0.2) is 42.5 Å². The predicted octanol–water partition coefficient (Wildman–Crippen LogP) is 3.79. The monoisotopic (exact) mass is 349 g/mol. The molecule has 0 aliphatic carbocycles. The van der Waals surface area contributed by atoms with Crippen LogP contribution < -0.4 is 14.8 Å². The zero-order chi connectivity index (χ0) is 17.4. The van der Waals surface area contributed by atoms with Crippen LogP contribution in [0.25, 0.3) is 0 Å². The van der Waals surface area contributed by atoms with Crippen molar-refractivity contribution in [1.29, 1.82) is 0 Å². The van der Waals surface area contributed by atoms with Crippen molar-refractivity contribution in [2.24, 2.45) is 0 Å². The Kier molecular flexibility index (Phi) is 7.37. The molecule has 0 bridgehead atoms. The van der Waals surface area contributed by atoms with Crippen molar-refractivity contribution in [3.63, 3.8) is 0 Å². The molecule has 0 aromatic heterocycles. The van der Waals surface area contributed by atoms with Crippen molar-refractivity contribution in [3.8, 4) is 11.5 Å². The Morgan fingerprint density at radius 2 is 1.88 bits per heavy atom. The summed E-state index contributed by atoms with van der Waals surface area (Å²) in [6.45, 7) is 5.75. The maximum atomic E-state index is 9.31. The van der Waals surface area contributed by atoms with Gasteiger partial charge in [-0.05, 0) is 37.1 Å². The fourth-order valence-electron chi connectivity index (χ4n) is 2.28. The van der Waals surface area contributed by atoms with Gasteiger partial charge in [-0.15, -0.1) is 0 Å². The normalized spacial score (nSPS) is 12.0. The third-order valence-electron chi connectivity index (χ3n) is 3.36. The number of rotatable bonds is 9. The van der Waals surface area contributed by atoms with Gasteiger partial charge in [0.1, 0.15) is 6.61 Å². The molecule has 4 nitrogen and oxygen atoms in total. The Morgan fingerprint density at radius 3 is 2.54 bits per heavy atom. The van der Waals surface area contributed by atoms with Crippen LogP contribution in [0.5, 0.6) is 11.5 Å². The van der Waals surface area contributed by atoms with Crippen LogP contribution in [0.1, 0.15) is 25.0 Å². The molecule has 24 heavy (non-hydrogen) atoms. The van der Waals surface area contributed by atoms with Crippen molar-refractivity contribution < 1.29 is 14.6 Å². The first-order valence-electron chi connectivity index (χ1n) is 8.11. The van der Waals surface area contributed by atoms with E-state index < -0.39 is 0 Å². The van der Waals surface area contributed by atoms with E-state index in [1.54, 1.807) is 6.92 Å². The summed E-state index contributed by atoms with van der Waals surface area (Å²) in [6, 6.07) is 13.7. The largest absolute Gasteiger partial charge is 0.490 e. The van der Waals surface area contributed by atoms with E-state index in [0.717, 1.165) is 11.1 Å². The molecule has 130 valence electrons. The third-order valence-corrected chi connectivity index (χ3v) is 3.64. The number of hydrogen-bond donors (Lipinski definition) is 2. The molecule has 0 spiro atoms. The van der Waals surface area contributed by atoms with E-state index in [2.05, 4.69) is 5.32 Å².